The summed E-state index contributed by atoms with van der Waals surface area (Å²) >= 11 is 0. The van der Waals surface area contributed by atoms with Gasteiger partial charge in [0.15, 0.2) is 0 Å². The lowest BCUT2D eigenvalue weighted by molar-refractivity contribution is 0.362. The van der Waals surface area contributed by atoms with Gasteiger partial charge in [0.05, 0.1) is 0 Å². The summed E-state index contributed by atoms with van der Waals surface area (Å²) in [7, 11) is 0. The van der Waals surface area contributed by atoms with Crippen molar-refractivity contribution in [2.45, 2.75) is 39.2 Å². The topological polar surface area (TPSA) is 38.0 Å². The largest absolute Gasteiger partial charge is 0.330 e. The SMILES string of the molecule is CC(C)(C)NCC1(CN)CC1. The lowest BCUT2D eigenvalue weighted by atomic mass is 10.0. The van der Waals surface area contributed by atoms with Crippen molar-refractivity contribution in [3.63, 3.8) is 0 Å². The molecule has 0 aromatic carbocycles. The van der Waals surface area contributed by atoms with E-state index in [2.05, 4.69) is 26.1 Å². The standard InChI is InChI=1S/C9H20N2/c1-8(2,3)11-7-9(6-10)4-5-9/h11H,4-7,10H2,1-3H3. The predicted octanol–water partition coefficient (Wildman–Crippen LogP) is 1.11. The zero-order valence-electron chi connectivity index (χ0n) is 7.91. The number of nitrogens with two attached hydrogens (primary N) is 1. The zero-order chi connectivity index (χ0) is 8.54. The quantitative estimate of drug-likeness (QED) is 0.642. The maximum Gasteiger partial charge on any atom is 0.00967 e. The molecule has 1 fully saturated rings. The molecule has 0 saturated heterocycles. The number of hydrogen-bond acceptors (Lipinski definition) is 2. The Morgan fingerprint density at radius 3 is 2.18 bits per heavy atom. The molecule has 1 aliphatic rings. The van der Waals surface area contributed by atoms with E-state index in [4.69, 9.17) is 5.73 Å². The first-order valence-electron chi connectivity index (χ1n) is 4.43. The molecule has 0 radical (unpaired) electrons. The Morgan fingerprint density at radius 1 is 1.36 bits per heavy atom. The van der Waals surface area contributed by atoms with Crippen LogP contribution >= 0.6 is 0 Å². The molecule has 2 nitrogen and oxygen atoms in total. The number of rotatable bonds is 3. The van der Waals surface area contributed by atoms with Crippen molar-refractivity contribution >= 4 is 0 Å². The Labute approximate surface area is 69.5 Å². The molecule has 0 spiro atoms. The third-order valence-corrected chi connectivity index (χ3v) is 2.38. The van der Waals surface area contributed by atoms with Crippen molar-refractivity contribution < 1.29 is 0 Å². The van der Waals surface area contributed by atoms with Crippen LogP contribution in [0.1, 0.15) is 33.6 Å². The first-order valence-corrected chi connectivity index (χ1v) is 4.43. The van der Waals surface area contributed by atoms with Gasteiger partial charge < -0.3 is 11.1 Å². The molecule has 1 rings (SSSR count). The van der Waals surface area contributed by atoms with Crippen LogP contribution in [0.15, 0.2) is 0 Å². The molecule has 1 saturated carbocycles. The van der Waals surface area contributed by atoms with Crippen LogP contribution in [0.25, 0.3) is 0 Å². The minimum atomic E-state index is 0.241. The third-order valence-electron chi connectivity index (χ3n) is 2.38. The Morgan fingerprint density at radius 2 is 1.91 bits per heavy atom. The van der Waals surface area contributed by atoms with E-state index < -0.39 is 0 Å². The summed E-state index contributed by atoms with van der Waals surface area (Å²) in [4.78, 5) is 0. The highest BCUT2D eigenvalue weighted by Crippen LogP contribution is 2.43. The smallest absolute Gasteiger partial charge is 0.00967 e. The highest BCUT2D eigenvalue weighted by molar-refractivity contribution is 4.96. The second kappa shape index (κ2) is 2.76. The van der Waals surface area contributed by atoms with E-state index in [1.165, 1.54) is 12.8 Å². The minimum absolute atomic E-state index is 0.241. The molecule has 0 heterocycles. The van der Waals surface area contributed by atoms with Crippen molar-refractivity contribution in [3.8, 4) is 0 Å². The molecule has 11 heavy (non-hydrogen) atoms. The predicted molar refractivity (Wildman–Crippen MR) is 48.5 cm³/mol. The fraction of sp³-hybridized carbons (Fsp3) is 1.00. The Hall–Kier alpha value is -0.0800. The Kier molecular flexibility index (Phi) is 2.26. The van der Waals surface area contributed by atoms with Crippen molar-refractivity contribution in [3.05, 3.63) is 0 Å². The minimum Gasteiger partial charge on any atom is -0.330 e. The van der Waals surface area contributed by atoms with Crippen LogP contribution in [0.2, 0.25) is 0 Å². The van der Waals surface area contributed by atoms with Gasteiger partial charge in [0.1, 0.15) is 0 Å². The average Bonchev–Trinajstić information content (AvgIpc) is 2.63. The van der Waals surface area contributed by atoms with E-state index in [1.54, 1.807) is 0 Å². The summed E-state index contributed by atoms with van der Waals surface area (Å²) < 4.78 is 0. The highest BCUT2D eigenvalue weighted by atomic mass is 15.0. The summed E-state index contributed by atoms with van der Waals surface area (Å²) in [5.41, 5.74) is 6.36. The van der Waals surface area contributed by atoms with Gasteiger partial charge in [-0.15, -0.1) is 0 Å². The molecule has 0 amide bonds. The number of hydrogen-bond donors (Lipinski definition) is 2. The Balaban J connectivity index is 2.22. The Bertz CT molecular complexity index is 131. The van der Waals surface area contributed by atoms with Gasteiger partial charge in [-0.3, -0.25) is 0 Å². The lowest BCUT2D eigenvalue weighted by Crippen LogP contribution is -2.41. The van der Waals surface area contributed by atoms with Crippen molar-refractivity contribution in [1.29, 1.82) is 0 Å². The second-order valence-corrected chi connectivity index (χ2v) is 4.81. The average molecular weight is 156 g/mol. The lowest BCUT2D eigenvalue weighted by Gasteiger charge is -2.24. The second-order valence-electron chi connectivity index (χ2n) is 4.81. The van der Waals surface area contributed by atoms with E-state index in [9.17, 15) is 0 Å². The molecule has 66 valence electrons. The van der Waals surface area contributed by atoms with Crippen LogP contribution in [0.4, 0.5) is 0 Å². The summed E-state index contributed by atoms with van der Waals surface area (Å²) in [5.74, 6) is 0. The summed E-state index contributed by atoms with van der Waals surface area (Å²) in [6, 6.07) is 0. The molecule has 0 aromatic heterocycles. The van der Waals surface area contributed by atoms with E-state index in [0.717, 1.165) is 13.1 Å². The maximum absolute atomic E-state index is 5.66. The van der Waals surface area contributed by atoms with Crippen LogP contribution in [0.3, 0.4) is 0 Å². The molecule has 0 aromatic rings. The van der Waals surface area contributed by atoms with Crippen LogP contribution in [0, 0.1) is 5.41 Å². The van der Waals surface area contributed by atoms with Crippen LogP contribution in [0.5, 0.6) is 0 Å². The van der Waals surface area contributed by atoms with Gasteiger partial charge in [0, 0.05) is 12.1 Å². The molecule has 0 unspecified atom stereocenters. The van der Waals surface area contributed by atoms with Crippen molar-refractivity contribution in [2.24, 2.45) is 11.1 Å². The van der Waals surface area contributed by atoms with E-state index in [1.807, 2.05) is 0 Å². The molecule has 3 N–H and O–H groups in total. The van der Waals surface area contributed by atoms with Gasteiger partial charge in [-0.1, -0.05) is 0 Å². The van der Waals surface area contributed by atoms with Gasteiger partial charge in [0.2, 0.25) is 0 Å². The van der Waals surface area contributed by atoms with Gasteiger partial charge in [0.25, 0.3) is 0 Å². The van der Waals surface area contributed by atoms with Crippen molar-refractivity contribution in [2.75, 3.05) is 13.1 Å². The van der Waals surface area contributed by atoms with Gasteiger partial charge in [-0.2, -0.15) is 0 Å². The number of nitrogens with one attached hydrogen (secondary N) is 1. The maximum atomic E-state index is 5.66. The third kappa shape index (κ3) is 2.80. The van der Waals surface area contributed by atoms with Gasteiger partial charge in [-0.05, 0) is 45.6 Å². The summed E-state index contributed by atoms with van der Waals surface area (Å²) in [5, 5.41) is 3.50. The van der Waals surface area contributed by atoms with E-state index >= 15 is 0 Å². The summed E-state index contributed by atoms with van der Waals surface area (Å²) in [6.45, 7) is 8.52. The van der Waals surface area contributed by atoms with E-state index in [-0.39, 0.29) is 5.54 Å². The monoisotopic (exact) mass is 156 g/mol. The molecule has 0 atom stereocenters. The molecule has 1 aliphatic carbocycles. The van der Waals surface area contributed by atoms with Gasteiger partial charge >= 0.3 is 0 Å². The molecule has 2 heteroatoms. The van der Waals surface area contributed by atoms with Crippen molar-refractivity contribution in [1.82, 2.24) is 5.32 Å². The van der Waals surface area contributed by atoms with E-state index in [0.29, 0.717) is 5.41 Å². The first kappa shape index (κ1) is 9.01. The van der Waals surface area contributed by atoms with Crippen LogP contribution < -0.4 is 11.1 Å². The molecular formula is C9H20N2. The summed E-state index contributed by atoms with van der Waals surface area (Å²) in [6.07, 6.45) is 2.62. The normalized spacial score (nSPS) is 21.8. The molecule has 0 bridgehead atoms. The van der Waals surface area contributed by atoms with Crippen LogP contribution in [-0.4, -0.2) is 18.6 Å². The first-order chi connectivity index (χ1) is 4.97. The fourth-order valence-corrected chi connectivity index (χ4v) is 1.08. The zero-order valence-corrected chi connectivity index (χ0v) is 7.91. The highest BCUT2D eigenvalue weighted by Gasteiger charge is 2.41. The molecule has 0 aliphatic heterocycles. The fourth-order valence-electron chi connectivity index (χ4n) is 1.08. The molecular weight excluding hydrogens is 136 g/mol. The van der Waals surface area contributed by atoms with Gasteiger partial charge in [-0.25, -0.2) is 0 Å². The van der Waals surface area contributed by atoms with Crippen LogP contribution in [-0.2, 0) is 0 Å².